The molecule has 1 aromatic carbocycles. The summed E-state index contributed by atoms with van der Waals surface area (Å²) >= 11 is 8.59. The lowest BCUT2D eigenvalue weighted by atomic mass is 10.0. The van der Waals surface area contributed by atoms with Gasteiger partial charge in [0.15, 0.2) is 0 Å². The Morgan fingerprint density at radius 1 is 1.47 bits per heavy atom. The van der Waals surface area contributed by atoms with Crippen molar-refractivity contribution in [1.82, 2.24) is 9.78 Å². The number of aromatic nitrogens is 2. The number of nitrogens with two attached hydrogens (primary N) is 1. The van der Waals surface area contributed by atoms with E-state index in [2.05, 4.69) is 53.7 Å². The first kappa shape index (κ1) is 14.8. The molecule has 0 radical (unpaired) electrons. The van der Waals surface area contributed by atoms with Crippen LogP contribution in [0.4, 0.5) is 0 Å². The Kier molecular flexibility index (Phi) is 4.86. The summed E-state index contributed by atoms with van der Waals surface area (Å²) in [5.41, 5.74) is 9.63. The average molecular weight is 390 g/mol. The molecule has 1 aromatic heterocycles. The SMILES string of the molecule is CCCn1ncc(Cl)c1C(N)c1cccc(C)c1I. The van der Waals surface area contributed by atoms with Crippen LogP contribution in [-0.4, -0.2) is 9.78 Å². The molecule has 3 nitrogen and oxygen atoms in total. The quantitative estimate of drug-likeness (QED) is 0.806. The minimum absolute atomic E-state index is 0.242. The predicted octanol–water partition coefficient (Wildman–Crippen LogP) is 3.91. The van der Waals surface area contributed by atoms with Crippen molar-refractivity contribution in [3.63, 3.8) is 0 Å². The smallest absolute Gasteiger partial charge is 0.0837 e. The van der Waals surface area contributed by atoms with Crippen molar-refractivity contribution in [1.29, 1.82) is 0 Å². The summed E-state index contributed by atoms with van der Waals surface area (Å²) < 4.78 is 3.10. The molecule has 2 rings (SSSR count). The lowest BCUT2D eigenvalue weighted by Crippen LogP contribution is -2.19. The van der Waals surface area contributed by atoms with Gasteiger partial charge in [0.1, 0.15) is 0 Å². The molecule has 0 amide bonds. The Morgan fingerprint density at radius 2 is 2.21 bits per heavy atom. The van der Waals surface area contributed by atoms with E-state index in [1.54, 1.807) is 6.20 Å². The molecule has 5 heteroatoms. The van der Waals surface area contributed by atoms with Crippen molar-refractivity contribution >= 4 is 34.2 Å². The average Bonchev–Trinajstić information content (AvgIpc) is 2.74. The minimum Gasteiger partial charge on any atom is -0.319 e. The highest BCUT2D eigenvalue weighted by Crippen LogP contribution is 2.30. The number of hydrogen-bond donors (Lipinski definition) is 1. The number of nitrogens with zero attached hydrogens (tertiary/aromatic N) is 2. The fourth-order valence-electron chi connectivity index (χ4n) is 2.13. The third-order valence-corrected chi connectivity index (χ3v) is 4.88. The van der Waals surface area contributed by atoms with Gasteiger partial charge in [0.2, 0.25) is 0 Å². The molecule has 0 aliphatic rings. The Hall–Kier alpha value is -0.590. The number of benzene rings is 1. The van der Waals surface area contributed by atoms with Crippen LogP contribution in [0.2, 0.25) is 5.02 Å². The van der Waals surface area contributed by atoms with Crippen LogP contribution in [-0.2, 0) is 6.54 Å². The van der Waals surface area contributed by atoms with Crippen LogP contribution in [0, 0.1) is 10.5 Å². The number of aryl methyl sites for hydroxylation is 2. The first-order chi connectivity index (χ1) is 9.06. The third kappa shape index (κ3) is 2.95. The number of halogens is 2. The molecule has 19 heavy (non-hydrogen) atoms. The molecule has 2 N–H and O–H groups in total. The summed E-state index contributed by atoms with van der Waals surface area (Å²) in [7, 11) is 0. The zero-order valence-electron chi connectivity index (χ0n) is 11.0. The summed E-state index contributed by atoms with van der Waals surface area (Å²) in [6, 6.07) is 5.93. The van der Waals surface area contributed by atoms with Crippen molar-refractivity contribution in [2.45, 2.75) is 32.9 Å². The highest BCUT2D eigenvalue weighted by Gasteiger charge is 2.20. The number of rotatable bonds is 4. The van der Waals surface area contributed by atoms with Gasteiger partial charge in [-0.05, 0) is 47.1 Å². The van der Waals surface area contributed by atoms with Crippen LogP contribution in [0.3, 0.4) is 0 Å². The van der Waals surface area contributed by atoms with E-state index < -0.39 is 0 Å². The molecule has 102 valence electrons. The Balaban J connectivity index is 2.46. The van der Waals surface area contributed by atoms with E-state index in [0.717, 1.165) is 24.2 Å². The largest absolute Gasteiger partial charge is 0.319 e. The van der Waals surface area contributed by atoms with Gasteiger partial charge in [0.05, 0.1) is 23.0 Å². The Labute approximate surface area is 132 Å². The zero-order chi connectivity index (χ0) is 14.0. The first-order valence-corrected chi connectivity index (χ1v) is 7.73. The van der Waals surface area contributed by atoms with E-state index >= 15 is 0 Å². The fourth-order valence-corrected chi connectivity index (χ4v) is 3.08. The van der Waals surface area contributed by atoms with Gasteiger partial charge >= 0.3 is 0 Å². The second-order valence-corrected chi connectivity index (χ2v) is 6.04. The van der Waals surface area contributed by atoms with Gasteiger partial charge in [-0.25, -0.2) is 0 Å². The minimum atomic E-state index is -0.242. The Bertz CT molecular complexity index is 580. The summed E-state index contributed by atoms with van der Waals surface area (Å²) in [5.74, 6) is 0. The Morgan fingerprint density at radius 3 is 2.89 bits per heavy atom. The molecule has 0 saturated heterocycles. The summed E-state index contributed by atoms with van der Waals surface area (Å²) in [4.78, 5) is 0. The van der Waals surface area contributed by atoms with E-state index in [9.17, 15) is 0 Å². The summed E-state index contributed by atoms with van der Waals surface area (Å²) in [6.45, 7) is 5.03. The second kappa shape index (κ2) is 6.24. The topological polar surface area (TPSA) is 43.8 Å². The van der Waals surface area contributed by atoms with Crippen molar-refractivity contribution in [3.8, 4) is 0 Å². The molecular formula is C14H17ClIN3. The van der Waals surface area contributed by atoms with Crippen molar-refractivity contribution < 1.29 is 0 Å². The fraction of sp³-hybridized carbons (Fsp3) is 0.357. The molecule has 1 atom stereocenters. The van der Waals surface area contributed by atoms with E-state index in [0.29, 0.717) is 5.02 Å². The monoisotopic (exact) mass is 389 g/mol. The summed E-state index contributed by atoms with van der Waals surface area (Å²) in [6.07, 6.45) is 2.68. The van der Waals surface area contributed by atoms with Crippen LogP contribution < -0.4 is 5.73 Å². The maximum atomic E-state index is 6.41. The predicted molar refractivity (Wildman–Crippen MR) is 87.5 cm³/mol. The highest BCUT2D eigenvalue weighted by molar-refractivity contribution is 14.1. The molecule has 2 aromatic rings. The molecule has 1 heterocycles. The molecular weight excluding hydrogens is 373 g/mol. The van der Waals surface area contributed by atoms with Gasteiger partial charge in [-0.15, -0.1) is 0 Å². The van der Waals surface area contributed by atoms with E-state index in [4.69, 9.17) is 17.3 Å². The van der Waals surface area contributed by atoms with Crippen LogP contribution in [0.5, 0.6) is 0 Å². The van der Waals surface area contributed by atoms with Crippen LogP contribution >= 0.6 is 34.2 Å². The van der Waals surface area contributed by atoms with Crippen molar-refractivity contribution in [3.05, 3.63) is 49.8 Å². The number of hydrogen-bond acceptors (Lipinski definition) is 2. The molecule has 0 fully saturated rings. The molecule has 0 bridgehead atoms. The van der Waals surface area contributed by atoms with Gasteiger partial charge in [-0.3, -0.25) is 4.68 Å². The molecule has 0 aliphatic heterocycles. The van der Waals surface area contributed by atoms with Gasteiger partial charge in [0, 0.05) is 10.1 Å². The standard InChI is InChI=1S/C14H17ClIN3/c1-3-7-19-14(11(15)8-18-19)13(17)10-6-4-5-9(2)12(10)16/h4-6,8,13H,3,7,17H2,1-2H3. The normalized spacial score (nSPS) is 12.7. The van der Waals surface area contributed by atoms with E-state index in [1.165, 1.54) is 9.13 Å². The van der Waals surface area contributed by atoms with Crippen LogP contribution in [0.1, 0.15) is 36.2 Å². The highest BCUT2D eigenvalue weighted by atomic mass is 127. The lowest BCUT2D eigenvalue weighted by molar-refractivity contribution is 0.559. The van der Waals surface area contributed by atoms with Crippen molar-refractivity contribution in [2.24, 2.45) is 5.73 Å². The third-order valence-electron chi connectivity index (χ3n) is 3.12. The van der Waals surface area contributed by atoms with Gasteiger partial charge in [0.25, 0.3) is 0 Å². The second-order valence-electron chi connectivity index (χ2n) is 4.56. The first-order valence-electron chi connectivity index (χ1n) is 6.28. The molecule has 0 aliphatic carbocycles. The van der Waals surface area contributed by atoms with E-state index in [-0.39, 0.29) is 6.04 Å². The van der Waals surface area contributed by atoms with Gasteiger partial charge in [-0.2, -0.15) is 5.10 Å². The molecule has 0 saturated carbocycles. The van der Waals surface area contributed by atoms with E-state index in [1.807, 2.05) is 10.7 Å². The van der Waals surface area contributed by atoms with Crippen molar-refractivity contribution in [2.75, 3.05) is 0 Å². The summed E-state index contributed by atoms with van der Waals surface area (Å²) in [5, 5.41) is 4.94. The van der Waals surface area contributed by atoms with Gasteiger partial charge in [-0.1, -0.05) is 36.7 Å². The van der Waals surface area contributed by atoms with Gasteiger partial charge < -0.3 is 5.73 Å². The molecule has 0 spiro atoms. The van der Waals surface area contributed by atoms with Crippen LogP contribution in [0.15, 0.2) is 24.4 Å². The lowest BCUT2D eigenvalue weighted by Gasteiger charge is -2.17. The van der Waals surface area contributed by atoms with Crippen LogP contribution in [0.25, 0.3) is 0 Å². The molecule has 1 unspecified atom stereocenters. The zero-order valence-corrected chi connectivity index (χ0v) is 13.9. The maximum Gasteiger partial charge on any atom is 0.0837 e. The maximum absolute atomic E-state index is 6.41.